The number of aliphatic hydroxyl groups excluding tert-OH is 3. The van der Waals surface area contributed by atoms with Gasteiger partial charge in [0.05, 0.1) is 12.5 Å². The maximum Gasteiger partial charge on any atom is 0.309 e. The smallest absolute Gasteiger partial charge is 0.309 e. The fourth-order valence-corrected chi connectivity index (χ4v) is 4.68. The number of amides is 2. The van der Waals surface area contributed by atoms with Crippen molar-refractivity contribution >= 4 is 23.9 Å². The van der Waals surface area contributed by atoms with Crippen molar-refractivity contribution in [2.24, 2.45) is 5.92 Å². The van der Waals surface area contributed by atoms with E-state index >= 15 is 0 Å². The van der Waals surface area contributed by atoms with Crippen molar-refractivity contribution in [3.63, 3.8) is 0 Å². The molecule has 37 heavy (non-hydrogen) atoms. The van der Waals surface area contributed by atoms with E-state index in [0.29, 0.717) is 6.42 Å². The van der Waals surface area contributed by atoms with Crippen molar-refractivity contribution < 1.29 is 39.2 Å². The lowest BCUT2D eigenvalue weighted by Gasteiger charge is -2.28. The van der Waals surface area contributed by atoms with Gasteiger partial charge in [0.2, 0.25) is 5.91 Å². The molecule has 2 fully saturated rings. The Labute approximate surface area is 217 Å². The standard InChI is InChI=1S/C27H38N2O8/c1-36-24(23(32)22(31)21(30)15-12-17-8-4-2-5-9-17)26(34)29-20-14-13-19(16-28-25(20)33)37-27(35)18-10-6-3-7-11-18/h2,4-5,8-9,12,15,18-24,30-32H,3,6-7,10-11,13-14,16H2,1H3,(H,28,33)(H,29,34)/b15-12+/t19-,20+,21-,22+,23-,24-/m1/s1. The van der Waals surface area contributed by atoms with Crippen LogP contribution in [0.5, 0.6) is 0 Å². The number of benzene rings is 1. The molecule has 5 N–H and O–H groups in total. The van der Waals surface area contributed by atoms with Gasteiger partial charge in [0, 0.05) is 7.11 Å². The van der Waals surface area contributed by atoms with Gasteiger partial charge >= 0.3 is 5.97 Å². The Morgan fingerprint density at radius 1 is 1.03 bits per heavy atom. The summed E-state index contributed by atoms with van der Waals surface area (Å²) in [6.45, 7) is 0.151. The van der Waals surface area contributed by atoms with Crippen LogP contribution < -0.4 is 10.6 Å². The Hall–Kier alpha value is -2.79. The molecule has 204 valence electrons. The molecule has 2 amide bonds. The zero-order valence-electron chi connectivity index (χ0n) is 21.1. The highest BCUT2D eigenvalue weighted by Crippen LogP contribution is 2.25. The molecule has 1 aromatic rings. The third kappa shape index (κ3) is 8.36. The third-order valence-corrected chi connectivity index (χ3v) is 6.94. The first kappa shape index (κ1) is 28.8. The minimum Gasteiger partial charge on any atom is -0.460 e. The first-order valence-corrected chi connectivity index (χ1v) is 12.9. The second-order valence-electron chi connectivity index (χ2n) is 9.68. The lowest BCUT2D eigenvalue weighted by molar-refractivity contribution is -0.155. The van der Waals surface area contributed by atoms with Crippen molar-refractivity contribution in [3.05, 3.63) is 42.0 Å². The van der Waals surface area contributed by atoms with Gasteiger partial charge in [0.25, 0.3) is 5.91 Å². The zero-order valence-corrected chi connectivity index (χ0v) is 21.1. The number of nitrogens with one attached hydrogen (secondary N) is 2. The molecule has 0 radical (unpaired) electrons. The van der Waals surface area contributed by atoms with Gasteiger partial charge < -0.3 is 35.4 Å². The van der Waals surface area contributed by atoms with Gasteiger partial charge in [-0.3, -0.25) is 14.4 Å². The molecule has 2 aliphatic rings. The van der Waals surface area contributed by atoms with Gasteiger partial charge in [-0.2, -0.15) is 0 Å². The summed E-state index contributed by atoms with van der Waals surface area (Å²) in [5.41, 5.74) is 0.784. The summed E-state index contributed by atoms with van der Waals surface area (Å²) in [4.78, 5) is 37.9. The van der Waals surface area contributed by atoms with E-state index in [0.717, 1.165) is 37.7 Å². The molecule has 6 atom stereocenters. The van der Waals surface area contributed by atoms with Crippen molar-refractivity contribution in [2.75, 3.05) is 13.7 Å². The summed E-state index contributed by atoms with van der Waals surface area (Å²) in [6.07, 6.45) is 1.28. The summed E-state index contributed by atoms with van der Waals surface area (Å²) in [5, 5.41) is 36.5. The van der Waals surface area contributed by atoms with Crippen molar-refractivity contribution in [3.8, 4) is 0 Å². The molecular weight excluding hydrogens is 480 g/mol. The SMILES string of the molecule is CO[C@@H](C(=O)N[C@H]1CC[C@@H](OC(=O)C2CCCCC2)CNC1=O)[C@H](O)[C@@H](O)[C@H](O)/C=C/c1ccccc1. The number of carbonyl (C=O) groups is 3. The molecule has 0 unspecified atom stereocenters. The zero-order chi connectivity index (χ0) is 26.8. The highest BCUT2D eigenvalue weighted by atomic mass is 16.5. The number of rotatable bonds is 10. The summed E-state index contributed by atoms with van der Waals surface area (Å²) in [7, 11) is 1.18. The highest BCUT2D eigenvalue weighted by Gasteiger charge is 2.37. The molecule has 1 aliphatic carbocycles. The molecule has 1 heterocycles. The topological polar surface area (TPSA) is 154 Å². The lowest BCUT2D eigenvalue weighted by atomic mass is 9.89. The molecule has 1 aliphatic heterocycles. The van der Waals surface area contributed by atoms with E-state index in [-0.39, 0.29) is 24.9 Å². The average Bonchev–Trinajstić information content (AvgIpc) is 3.09. The van der Waals surface area contributed by atoms with Crippen LogP contribution >= 0.6 is 0 Å². The van der Waals surface area contributed by atoms with Crippen LogP contribution in [0.3, 0.4) is 0 Å². The molecule has 1 saturated carbocycles. The lowest BCUT2D eigenvalue weighted by Crippen LogP contribution is -2.55. The molecule has 10 nitrogen and oxygen atoms in total. The van der Waals surface area contributed by atoms with E-state index in [1.54, 1.807) is 18.2 Å². The van der Waals surface area contributed by atoms with Crippen molar-refractivity contribution in [2.45, 2.75) is 81.5 Å². The van der Waals surface area contributed by atoms with Crippen LogP contribution in [0.15, 0.2) is 36.4 Å². The largest absolute Gasteiger partial charge is 0.460 e. The molecule has 0 aromatic heterocycles. The predicted octanol–water partition coefficient (Wildman–Crippen LogP) is 0.684. The maximum atomic E-state index is 12.8. The molecule has 1 aromatic carbocycles. The quantitative estimate of drug-likeness (QED) is 0.283. The second kappa shape index (κ2) is 14.2. The highest BCUT2D eigenvalue weighted by molar-refractivity contribution is 5.89. The van der Waals surface area contributed by atoms with E-state index in [9.17, 15) is 29.7 Å². The van der Waals surface area contributed by atoms with E-state index in [4.69, 9.17) is 9.47 Å². The minimum atomic E-state index is -1.77. The number of methoxy groups -OCH3 is 1. The Kier molecular flexibility index (Phi) is 11.1. The van der Waals surface area contributed by atoms with Gasteiger partial charge in [-0.15, -0.1) is 0 Å². The van der Waals surface area contributed by atoms with Crippen LogP contribution in [-0.4, -0.2) is 83.3 Å². The first-order chi connectivity index (χ1) is 17.8. The summed E-state index contributed by atoms with van der Waals surface area (Å²) in [6, 6.07) is 8.14. The maximum absolute atomic E-state index is 12.8. The molecule has 1 saturated heterocycles. The van der Waals surface area contributed by atoms with Crippen molar-refractivity contribution in [1.82, 2.24) is 10.6 Å². The molecule has 10 heteroatoms. The van der Waals surface area contributed by atoms with E-state index in [2.05, 4.69) is 10.6 Å². The minimum absolute atomic E-state index is 0.100. The normalized spacial score (nSPS) is 24.4. The molecular formula is C27H38N2O8. The number of ether oxygens (including phenoxy) is 2. The fraction of sp³-hybridized carbons (Fsp3) is 0.593. The Morgan fingerprint density at radius 3 is 2.41 bits per heavy atom. The van der Waals surface area contributed by atoms with Crippen LogP contribution in [0.2, 0.25) is 0 Å². The van der Waals surface area contributed by atoms with Gasteiger partial charge in [0.1, 0.15) is 30.5 Å². The summed E-state index contributed by atoms with van der Waals surface area (Å²) < 4.78 is 10.7. The molecule has 0 bridgehead atoms. The third-order valence-electron chi connectivity index (χ3n) is 6.94. The molecule has 0 spiro atoms. The fourth-order valence-electron chi connectivity index (χ4n) is 4.68. The summed E-state index contributed by atoms with van der Waals surface area (Å²) in [5.74, 6) is -1.60. The Morgan fingerprint density at radius 2 is 1.73 bits per heavy atom. The van der Waals surface area contributed by atoms with Crippen LogP contribution in [0.25, 0.3) is 6.08 Å². The Balaban J connectivity index is 1.52. The number of carbonyl (C=O) groups excluding carboxylic acids is 3. The number of hydrogen-bond donors (Lipinski definition) is 5. The first-order valence-electron chi connectivity index (χ1n) is 12.9. The van der Waals surface area contributed by atoms with Crippen LogP contribution in [0.4, 0.5) is 0 Å². The number of esters is 1. The van der Waals surface area contributed by atoms with Gasteiger partial charge in [-0.25, -0.2) is 0 Å². The van der Waals surface area contributed by atoms with E-state index < -0.39 is 48.4 Å². The van der Waals surface area contributed by atoms with Gasteiger partial charge in [-0.05, 0) is 31.2 Å². The van der Waals surface area contributed by atoms with Crippen LogP contribution in [0.1, 0.15) is 50.5 Å². The second-order valence-corrected chi connectivity index (χ2v) is 9.68. The monoisotopic (exact) mass is 518 g/mol. The Bertz CT molecular complexity index is 918. The van der Waals surface area contributed by atoms with Crippen molar-refractivity contribution in [1.29, 1.82) is 0 Å². The van der Waals surface area contributed by atoms with Gasteiger partial charge in [-0.1, -0.05) is 61.7 Å². The average molecular weight is 519 g/mol. The van der Waals surface area contributed by atoms with Crippen LogP contribution in [-0.2, 0) is 23.9 Å². The summed E-state index contributed by atoms with van der Waals surface area (Å²) >= 11 is 0. The van der Waals surface area contributed by atoms with E-state index in [1.165, 1.54) is 13.2 Å². The van der Waals surface area contributed by atoms with Crippen LogP contribution in [0, 0.1) is 5.92 Å². The van der Waals surface area contributed by atoms with E-state index in [1.807, 2.05) is 18.2 Å². The molecule has 3 rings (SSSR count). The number of aliphatic hydroxyl groups is 3. The number of hydrogen-bond acceptors (Lipinski definition) is 8. The predicted molar refractivity (Wildman–Crippen MR) is 135 cm³/mol. The van der Waals surface area contributed by atoms with Gasteiger partial charge in [0.15, 0.2) is 6.10 Å².